The normalized spacial score (nSPS) is 25.2. The quantitative estimate of drug-likeness (QED) is 0.842. The first-order valence-corrected chi connectivity index (χ1v) is 9.51. The summed E-state index contributed by atoms with van der Waals surface area (Å²) in [5, 5.41) is 0. The molecule has 2 aliphatic heterocycles. The van der Waals surface area contributed by atoms with E-state index in [0.29, 0.717) is 12.5 Å². The molecule has 3 aliphatic rings. The molecule has 1 aliphatic carbocycles. The zero-order chi connectivity index (χ0) is 17.1. The van der Waals surface area contributed by atoms with Gasteiger partial charge in [-0.3, -0.25) is 4.79 Å². The standard InChI is InChI=1S/C21H27NO3/c23-20(18-13-21(14-18)8-11-24-12-9-21)22-10-4-5-17(15-22)16-25-19-6-2-1-3-7-19/h1-3,6-7,13,17H,4-5,8-12,14-16H2. The number of carbonyl (C=O) groups is 1. The molecule has 1 unspecified atom stereocenters. The highest BCUT2D eigenvalue weighted by molar-refractivity contribution is 5.95. The average Bonchev–Trinajstić information content (AvgIpc) is 2.65. The summed E-state index contributed by atoms with van der Waals surface area (Å²) in [4.78, 5) is 14.9. The predicted octanol–water partition coefficient (Wildman–Crippen LogP) is 3.43. The molecule has 134 valence electrons. The van der Waals surface area contributed by atoms with Crippen molar-refractivity contribution in [1.29, 1.82) is 0 Å². The topological polar surface area (TPSA) is 38.8 Å². The molecule has 25 heavy (non-hydrogen) atoms. The zero-order valence-electron chi connectivity index (χ0n) is 14.8. The van der Waals surface area contributed by atoms with Crippen LogP contribution in [0, 0.1) is 11.3 Å². The fourth-order valence-corrected chi connectivity index (χ4v) is 4.28. The first-order valence-electron chi connectivity index (χ1n) is 9.51. The molecule has 0 radical (unpaired) electrons. The second kappa shape index (κ2) is 7.20. The van der Waals surface area contributed by atoms with Gasteiger partial charge in [0.05, 0.1) is 6.61 Å². The summed E-state index contributed by atoms with van der Waals surface area (Å²) < 4.78 is 11.3. The van der Waals surface area contributed by atoms with Gasteiger partial charge in [0.15, 0.2) is 0 Å². The van der Waals surface area contributed by atoms with Crippen LogP contribution in [-0.4, -0.2) is 43.7 Å². The van der Waals surface area contributed by atoms with E-state index >= 15 is 0 Å². The summed E-state index contributed by atoms with van der Waals surface area (Å²) in [7, 11) is 0. The Hall–Kier alpha value is -1.81. The van der Waals surface area contributed by atoms with Gasteiger partial charge >= 0.3 is 0 Å². The number of benzene rings is 1. The second-order valence-electron chi connectivity index (χ2n) is 7.70. The number of piperidine rings is 1. The zero-order valence-corrected chi connectivity index (χ0v) is 14.8. The minimum atomic E-state index is 0.251. The van der Waals surface area contributed by atoms with Crippen LogP contribution in [0.3, 0.4) is 0 Å². The highest BCUT2D eigenvalue weighted by atomic mass is 16.5. The summed E-state index contributed by atoms with van der Waals surface area (Å²) in [6.45, 7) is 4.06. The van der Waals surface area contributed by atoms with Crippen molar-refractivity contribution in [2.75, 3.05) is 32.9 Å². The summed E-state index contributed by atoms with van der Waals surface area (Å²) in [6, 6.07) is 9.93. The van der Waals surface area contributed by atoms with Crippen LogP contribution in [0.5, 0.6) is 5.75 Å². The van der Waals surface area contributed by atoms with Crippen molar-refractivity contribution in [2.24, 2.45) is 11.3 Å². The highest BCUT2D eigenvalue weighted by Gasteiger charge is 2.41. The lowest BCUT2D eigenvalue weighted by atomic mass is 9.66. The van der Waals surface area contributed by atoms with Gasteiger partial charge in [0, 0.05) is 37.8 Å². The Morgan fingerprint density at radius 1 is 1.24 bits per heavy atom. The smallest absolute Gasteiger partial charge is 0.249 e. The van der Waals surface area contributed by atoms with Crippen LogP contribution < -0.4 is 4.74 Å². The van der Waals surface area contributed by atoms with Crippen molar-refractivity contribution in [2.45, 2.75) is 32.1 Å². The minimum Gasteiger partial charge on any atom is -0.493 e. The number of amides is 1. The summed E-state index contributed by atoms with van der Waals surface area (Å²) >= 11 is 0. The number of rotatable bonds is 4. The van der Waals surface area contributed by atoms with Crippen molar-refractivity contribution in [1.82, 2.24) is 4.90 Å². The Labute approximate surface area is 149 Å². The fourth-order valence-electron chi connectivity index (χ4n) is 4.28. The van der Waals surface area contributed by atoms with E-state index in [1.165, 1.54) is 0 Å². The largest absolute Gasteiger partial charge is 0.493 e. The summed E-state index contributed by atoms with van der Waals surface area (Å²) in [5.41, 5.74) is 1.28. The monoisotopic (exact) mass is 341 g/mol. The van der Waals surface area contributed by atoms with Crippen molar-refractivity contribution >= 4 is 5.91 Å². The van der Waals surface area contributed by atoms with Gasteiger partial charge in [-0.05, 0) is 49.7 Å². The molecule has 1 spiro atoms. The first-order chi connectivity index (χ1) is 12.2. The van der Waals surface area contributed by atoms with Crippen molar-refractivity contribution in [3.8, 4) is 5.75 Å². The summed E-state index contributed by atoms with van der Waals surface area (Å²) in [5.74, 6) is 1.59. The van der Waals surface area contributed by atoms with Crippen LogP contribution in [-0.2, 0) is 9.53 Å². The number of carbonyl (C=O) groups excluding carboxylic acids is 1. The molecule has 0 saturated carbocycles. The van der Waals surface area contributed by atoms with E-state index < -0.39 is 0 Å². The number of para-hydroxylation sites is 1. The molecule has 0 bridgehead atoms. The predicted molar refractivity (Wildman–Crippen MR) is 96.4 cm³/mol. The molecule has 1 aromatic carbocycles. The number of allylic oxidation sites excluding steroid dienone is 1. The Kier molecular flexibility index (Phi) is 4.80. The molecule has 4 heteroatoms. The molecule has 1 amide bonds. The Bertz CT molecular complexity index is 634. The molecular weight excluding hydrogens is 314 g/mol. The van der Waals surface area contributed by atoms with Gasteiger partial charge in [-0.2, -0.15) is 0 Å². The van der Waals surface area contributed by atoms with E-state index in [4.69, 9.17) is 9.47 Å². The van der Waals surface area contributed by atoms with E-state index in [2.05, 4.69) is 6.08 Å². The third kappa shape index (κ3) is 3.74. The third-order valence-corrected chi connectivity index (χ3v) is 5.82. The van der Waals surface area contributed by atoms with Gasteiger partial charge in [0.1, 0.15) is 5.75 Å². The van der Waals surface area contributed by atoms with Crippen molar-refractivity contribution in [3.05, 3.63) is 42.0 Å². The lowest BCUT2D eigenvalue weighted by Crippen LogP contribution is -2.45. The van der Waals surface area contributed by atoms with E-state index in [0.717, 1.165) is 69.7 Å². The van der Waals surface area contributed by atoms with Crippen LogP contribution in [0.25, 0.3) is 0 Å². The van der Waals surface area contributed by atoms with Crippen LogP contribution in [0.2, 0.25) is 0 Å². The van der Waals surface area contributed by atoms with Crippen LogP contribution in [0.15, 0.2) is 42.0 Å². The van der Waals surface area contributed by atoms with Crippen molar-refractivity contribution < 1.29 is 14.3 Å². The number of nitrogens with zero attached hydrogens (tertiary/aromatic N) is 1. The van der Waals surface area contributed by atoms with E-state index in [-0.39, 0.29) is 11.3 Å². The third-order valence-electron chi connectivity index (χ3n) is 5.82. The lowest BCUT2D eigenvalue weighted by Gasteiger charge is -2.44. The van der Waals surface area contributed by atoms with Gasteiger partial charge in [0.25, 0.3) is 0 Å². The SMILES string of the molecule is O=C(C1=CC2(CCOCC2)C1)N1CCCC(COc2ccccc2)C1. The average molecular weight is 341 g/mol. The van der Waals surface area contributed by atoms with Crippen LogP contribution in [0.4, 0.5) is 0 Å². The maximum atomic E-state index is 12.8. The lowest BCUT2D eigenvalue weighted by molar-refractivity contribution is -0.130. The molecule has 2 saturated heterocycles. The van der Waals surface area contributed by atoms with E-state index in [9.17, 15) is 4.79 Å². The fraction of sp³-hybridized carbons (Fsp3) is 0.571. The van der Waals surface area contributed by atoms with Crippen LogP contribution >= 0.6 is 0 Å². The molecule has 1 aromatic rings. The number of hydrogen-bond acceptors (Lipinski definition) is 3. The Morgan fingerprint density at radius 2 is 2.00 bits per heavy atom. The summed E-state index contributed by atoms with van der Waals surface area (Å²) in [6.07, 6.45) is 7.52. The maximum Gasteiger partial charge on any atom is 0.249 e. The molecule has 0 N–H and O–H groups in total. The Morgan fingerprint density at radius 3 is 2.76 bits per heavy atom. The van der Waals surface area contributed by atoms with Gasteiger partial charge in [-0.1, -0.05) is 24.3 Å². The minimum absolute atomic E-state index is 0.251. The molecule has 2 fully saturated rings. The molecule has 4 nitrogen and oxygen atoms in total. The van der Waals surface area contributed by atoms with Crippen LogP contribution in [0.1, 0.15) is 32.1 Å². The number of ether oxygens (including phenoxy) is 2. The number of hydrogen-bond donors (Lipinski definition) is 0. The van der Waals surface area contributed by atoms with Gasteiger partial charge in [-0.25, -0.2) is 0 Å². The number of likely N-dealkylation sites (tertiary alicyclic amines) is 1. The molecule has 1 atom stereocenters. The van der Waals surface area contributed by atoms with Crippen molar-refractivity contribution in [3.63, 3.8) is 0 Å². The molecule has 2 heterocycles. The van der Waals surface area contributed by atoms with Gasteiger partial charge in [-0.15, -0.1) is 0 Å². The van der Waals surface area contributed by atoms with E-state index in [1.807, 2.05) is 35.2 Å². The first kappa shape index (κ1) is 16.6. The van der Waals surface area contributed by atoms with Gasteiger partial charge in [0.2, 0.25) is 5.91 Å². The maximum absolute atomic E-state index is 12.8. The van der Waals surface area contributed by atoms with Gasteiger partial charge < -0.3 is 14.4 Å². The molecule has 0 aromatic heterocycles. The molecular formula is C21H27NO3. The Balaban J connectivity index is 1.30. The second-order valence-corrected chi connectivity index (χ2v) is 7.70. The molecule has 4 rings (SSSR count). The van der Waals surface area contributed by atoms with E-state index in [1.54, 1.807) is 0 Å². The highest BCUT2D eigenvalue weighted by Crippen LogP contribution is 2.47.